The zero-order chi connectivity index (χ0) is 13.5. The van der Waals surface area contributed by atoms with Gasteiger partial charge >= 0.3 is 6.18 Å². The summed E-state index contributed by atoms with van der Waals surface area (Å²) in [5.41, 5.74) is 0.148. The molecule has 0 bridgehead atoms. The van der Waals surface area contributed by atoms with Gasteiger partial charge in [0.1, 0.15) is 0 Å². The largest absolute Gasteiger partial charge is 0.417 e. The van der Waals surface area contributed by atoms with Crippen molar-refractivity contribution in [2.45, 2.75) is 6.18 Å². The van der Waals surface area contributed by atoms with E-state index in [1.165, 1.54) is 30.7 Å². The van der Waals surface area contributed by atoms with Gasteiger partial charge in [0.05, 0.1) is 23.8 Å². The number of halogens is 3. The second-order valence-electron chi connectivity index (χ2n) is 3.87. The summed E-state index contributed by atoms with van der Waals surface area (Å²) < 4.78 is 38.8. The maximum absolute atomic E-state index is 12.9. The summed E-state index contributed by atoms with van der Waals surface area (Å²) in [4.78, 5) is 14.7. The Morgan fingerprint density at radius 1 is 1.05 bits per heavy atom. The molecule has 0 fully saturated rings. The zero-order valence-electron chi connectivity index (χ0n) is 9.44. The van der Waals surface area contributed by atoms with Gasteiger partial charge in [0, 0.05) is 5.56 Å². The van der Waals surface area contributed by atoms with Crippen LogP contribution in [0.2, 0.25) is 0 Å². The van der Waals surface area contributed by atoms with Crippen LogP contribution in [-0.2, 0) is 6.18 Å². The molecule has 3 aromatic rings. The molecule has 2 heterocycles. The predicted octanol–water partition coefficient (Wildman–Crippen LogP) is 3.04. The lowest BCUT2D eigenvalue weighted by molar-refractivity contribution is -0.137. The monoisotopic (exact) mass is 264 g/mol. The van der Waals surface area contributed by atoms with Gasteiger partial charge in [0.15, 0.2) is 11.3 Å². The molecule has 0 aliphatic carbocycles. The normalized spacial score (nSPS) is 11.9. The summed E-state index contributed by atoms with van der Waals surface area (Å²) in [5, 5.41) is 0. The van der Waals surface area contributed by atoms with Gasteiger partial charge in [-0.15, -0.1) is 0 Å². The zero-order valence-corrected chi connectivity index (χ0v) is 9.44. The number of aromatic amines is 1. The van der Waals surface area contributed by atoms with Gasteiger partial charge in [0.2, 0.25) is 0 Å². The van der Waals surface area contributed by atoms with Crippen LogP contribution in [0.15, 0.2) is 36.8 Å². The lowest BCUT2D eigenvalue weighted by Gasteiger charge is -2.11. The van der Waals surface area contributed by atoms with Crippen molar-refractivity contribution in [1.82, 2.24) is 19.9 Å². The first-order valence-electron chi connectivity index (χ1n) is 5.38. The molecule has 0 radical (unpaired) electrons. The van der Waals surface area contributed by atoms with Crippen LogP contribution in [0, 0.1) is 0 Å². The molecular formula is C12H7F3N4. The van der Waals surface area contributed by atoms with Crippen molar-refractivity contribution in [3.05, 3.63) is 42.4 Å². The first-order chi connectivity index (χ1) is 9.05. The molecule has 0 unspecified atom stereocenters. The maximum atomic E-state index is 12.9. The molecule has 2 aromatic heterocycles. The Morgan fingerprint density at radius 3 is 2.63 bits per heavy atom. The highest BCUT2D eigenvalue weighted by Gasteiger charge is 2.33. The van der Waals surface area contributed by atoms with E-state index < -0.39 is 11.7 Å². The van der Waals surface area contributed by atoms with Crippen molar-refractivity contribution in [3.8, 4) is 11.3 Å². The summed E-state index contributed by atoms with van der Waals surface area (Å²) in [6.07, 6.45) is -1.75. The fourth-order valence-electron chi connectivity index (χ4n) is 1.81. The van der Waals surface area contributed by atoms with Crippen LogP contribution in [0.25, 0.3) is 22.6 Å². The number of hydrogen-bond donors (Lipinski definition) is 1. The molecule has 7 heteroatoms. The van der Waals surface area contributed by atoms with Gasteiger partial charge in [-0.05, 0) is 6.07 Å². The number of hydrogen-bond acceptors (Lipinski definition) is 3. The SMILES string of the molecule is FC(F)(F)c1ccccc1-c1cnc2nc[nH]c2n1. The summed E-state index contributed by atoms with van der Waals surface area (Å²) >= 11 is 0. The van der Waals surface area contributed by atoms with Crippen LogP contribution in [-0.4, -0.2) is 19.9 Å². The van der Waals surface area contributed by atoms with E-state index in [4.69, 9.17) is 0 Å². The average Bonchev–Trinajstić information content (AvgIpc) is 2.85. The molecule has 0 amide bonds. The van der Waals surface area contributed by atoms with E-state index in [9.17, 15) is 13.2 Å². The number of rotatable bonds is 1. The van der Waals surface area contributed by atoms with Crippen LogP contribution in [0.3, 0.4) is 0 Å². The fraction of sp³-hybridized carbons (Fsp3) is 0.0833. The number of benzene rings is 1. The first kappa shape index (κ1) is 11.6. The number of fused-ring (bicyclic) bond motifs is 1. The van der Waals surface area contributed by atoms with Crippen LogP contribution in [0.5, 0.6) is 0 Å². The van der Waals surface area contributed by atoms with E-state index in [0.717, 1.165) is 6.07 Å². The summed E-state index contributed by atoms with van der Waals surface area (Å²) in [6, 6.07) is 5.26. The highest BCUT2D eigenvalue weighted by Crippen LogP contribution is 2.36. The minimum atomic E-state index is -4.43. The second kappa shape index (κ2) is 4.04. The van der Waals surface area contributed by atoms with E-state index in [-0.39, 0.29) is 11.3 Å². The van der Waals surface area contributed by atoms with Crippen molar-refractivity contribution in [2.75, 3.05) is 0 Å². The Morgan fingerprint density at radius 2 is 1.84 bits per heavy atom. The number of imidazole rings is 1. The minimum Gasteiger partial charge on any atom is -0.328 e. The number of nitrogens with zero attached hydrogens (tertiary/aromatic N) is 3. The molecule has 0 spiro atoms. The van der Waals surface area contributed by atoms with Crippen molar-refractivity contribution < 1.29 is 13.2 Å². The van der Waals surface area contributed by atoms with Crippen molar-refractivity contribution in [1.29, 1.82) is 0 Å². The van der Waals surface area contributed by atoms with E-state index in [1.54, 1.807) is 0 Å². The molecule has 1 N–H and O–H groups in total. The van der Waals surface area contributed by atoms with Crippen molar-refractivity contribution in [2.24, 2.45) is 0 Å². The molecule has 0 saturated carbocycles. The molecule has 19 heavy (non-hydrogen) atoms. The predicted molar refractivity (Wildman–Crippen MR) is 62.1 cm³/mol. The minimum absolute atomic E-state index is 0.000926. The summed E-state index contributed by atoms with van der Waals surface area (Å²) in [7, 11) is 0. The van der Waals surface area contributed by atoms with E-state index in [0.29, 0.717) is 11.3 Å². The topological polar surface area (TPSA) is 54.5 Å². The van der Waals surface area contributed by atoms with Gasteiger partial charge in [0.25, 0.3) is 0 Å². The van der Waals surface area contributed by atoms with E-state index >= 15 is 0 Å². The fourth-order valence-corrected chi connectivity index (χ4v) is 1.81. The van der Waals surface area contributed by atoms with Gasteiger partial charge < -0.3 is 4.98 Å². The number of nitrogens with one attached hydrogen (secondary N) is 1. The average molecular weight is 264 g/mol. The maximum Gasteiger partial charge on any atom is 0.417 e. The van der Waals surface area contributed by atoms with Crippen LogP contribution >= 0.6 is 0 Å². The quantitative estimate of drug-likeness (QED) is 0.735. The Hall–Kier alpha value is -2.44. The third-order valence-corrected chi connectivity index (χ3v) is 2.65. The highest BCUT2D eigenvalue weighted by atomic mass is 19.4. The van der Waals surface area contributed by atoms with Gasteiger partial charge in [-0.1, -0.05) is 18.2 Å². The lowest BCUT2D eigenvalue weighted by atomic mass is 10.0. The number of H-pyrrole nitrogens is 1. The molecule has 4 nitrogen and oxygen atoms in total. The molecule has 0 saturated heterocycles. The summed E-state index contributed by atoms with van der Waals surface area (Å²) in [6.45, 7) is 0. The number of aromatic nitrogens is 4. The lowest BCUT2D eigenvalue weighted by Crippen LogP contribution is -2.07. The standard InChI is InChI=1S/C12H7F3N4/c13-12(14,15)8-4-2-1-3-7(8)9-5-16-10-11(19-9)18-6-17-10/h1-6H,(H,16,17,18,19). The van der Waals surface area contributed by atoms with Crippen LogP contribution < -0.4 is 0 Å². The number of alkyl halides is 3. The van der Waals surface area contributed by atoms with E-state index in [2.05, 4.69) is 19.9 Å². The molecule has 1 aromatic carbocycles. The summed E-state index contributed by atoms with van der Waals surface area (Å²) in [5.74, 6) is 0. The van der Waals surface area contributed by atoms with Crippen molar-refractivity contribution in [3.63, 3.8) is 0 Å². The Bertz CT molecular complexity index is 733. The Balaban J connectivity index is 2.21. The molecule has 0 atom stereocenters. The van der Waals surface area contributed by atoms with Gasteiger partial charge in [-0.25, -0.2) is 15.0 Å². The van der Waals surface area contributed by atoms with E-state index in [1.807, 2.05) is 0 Å². The molecule has 3 rings (SSSR count). The Labute approximate surface area is 105 Å². The third-order valence-electron chi connectivity index (χ3n) is 2.65. The van der Waals surface area contributed by atoms with Crippen molar-refractivity contribution >= 4 is 11.3 Å². The molecular weight excluding hydrogens is 257 g/mol. The molecule has 96 valence electrons. The van der Waals surface area contributed by atoms with Crippen LogP contribution in [0.4, 0.5) is 13.2 Å². The Kier molecular flexibility index (Phi) is 2.48. The smallest absolute Gasteiger partial charge is 0.328 e. The van der Waals surface area contributed by atoms with Gasteiger partial charge in [-0.3, -0.25) is 0 Å². The third kappa shape index (κ3) is 2.03. The first-order valence-corrected chi connectivity index (χ1v) is 5.38. The second-order valence-corrected chi connectivity index (χ2v) is 3.87. The molecule has 0 aliphatic rings. The van der Waals surface area contributed by atoms with Gasteiger partial charge in [-0.2, -0.15) is 13.2 Å². The molecule has 0 aliphatic heterocycles. The highest BCUT2D eigenvalue weighted by molar-refractivity contribution is 5.71. The van der Waals surface area contributed by atoms with Crippen LogP contribution in [0.1, 0.15) is 5.56 Å².